The third kappa shape index (κ3) is 23.1. The monoisotopic (exact) mass is 1960 g/mol. The van der Waals surface area contributed by atoms with E-state index in [0.29, 0.717) is 62.4 Å². The maximum absolute atomic E-state index is 9.33. The highest BCUT2D eigenvalue weighted by atomic mass is 16.5. The largest absolute Gasteiger partial charge is 0.462 e. The molecule has 0 atom stereocenters. The molecule has 20 rings (SSSR count). The van der Waals surface area contributed by atoms with Crippen molar-refractivity contribution >= 4 is 56.3 Å². The third-order valence-corrected chi connectivity index (χ3v) is 28.9. The SMILES string of the molecule is CC1=C/C(=C(\C)C#N)C=C(/C=C2\C=C(C)c3cc4c(cc3O2)N(C)CCC4)O1.CC1=C/C(=C(\C)C#N)C=C(/C=C2\C=C(C)c3cc4c5c(c3O2)C(C)(C)CCN5CCC4(C)C)O1.CC1=C/C(=C(\C)C#N)C=C(/C=C2\C=C(C)c3cc4c5c(c3O2)CCCN5CCC4)O1.CCN(CC)c1ccc2c(c1)O/C(=C/C1=CC(=C(/C)C#N)/C=C(C)O1)C=C2C.CCNc1cc2c(cc1C)C(C)=C/C(=C\C1=CC(=C(/C)C#N)/C=C(C)O1)O2. The van der Waals surface area contributed by atoms with Gasteiger partial charge in [0, 0.05) is 203 Å². The quantitative estimate of drug-likeness (QED) is 0.128. The lowest BCUT2D eigenvalue weighted by Gasteiger charge is -2.49. The van der Waals surface area contributed by atoms with Gasteiger partial charge in [-0.3, -0.25) is 0 Å². The number of anilines is 5. The minimum atomic E-state index is 0.0296. The summed E-state index contributed by atoms with van der Waals surface area (Å²) in [5, 5.41) is 49.5. The fourth-order valence-electron chi connectivity index (χ4n) is 20.9. The van der Waals surface area contributed by atoms with Crippen molar-refractivity contribution < 1.29 is 47.4 Å². The highest BCUT2D eigenvalue weighted by molar-refractivity contribution is 5.86. The summed E-state index contributed by atoms with van der Waals surface area (Å²) < 4.78 is 61.0. The number of allylic oxidation sites excluding steroid dienone is 40. The third-order valence-electron chi connectivity index (χ3n) is 28.9. The van der Waals surface area contributed by atoms with E-state index in [2.05, 4.69) is 213 Å². The Kier molecular flexibility index (Phi) is 31.1. The molecule has 15 aliphatic rings. The fourth-order valence-corrected chi connectivity index (χ4v) is 20.9. The number of ether oxygens (including phenoxy) is 10. The van der Waals surface area contributed by atoms with E-state index in [9.17, 15) is 21.0 Å². The minimum Gasteiger partial charge on any atom is -0.462 e. The van der Waals surface area contributed by atoms with Crippen LogP contribution in [0.2, 0.25) is 0 Å². The van der Waals surface area contributed by atoms with Crippen molar-refractivity contribution in [3.8, 4) is 59.1 Å². The molecule has 0 fully saturated rings. The molecule has 0 aliphatic carbocycles. The molecule has 5 aromatic rings. The van der Waals surface area contributed by atoms with Gasteiger partial charge in [-0.15, -0.1) is 0 Å². The first kappa shape index (κ1) is 104. The lowest BCUT2D eigenvalue weighted by atomic mass is 9.68. The molecule has 15 heterocycles. The molecule has 147 heavy (non-hydrogen) atoms. The van der Waals surface area contributed by atoms with E-state index in [4.69, 9.17) is 52.6 Å². The average molecular weight is 1960 g/mol. The van der Waals surface area contributed by atoms with Gasteiger partial charge in [0.25, 0.3) is 0 Å². The van der Waals surface area contributed by atoms with Gasteiger partial charge in [-0.2, -0.15) is 26.3 Å². The van der Waals surface area contributed by atoms with Crippen LogP contribution in [0.3, 0.4) is 0 Å². The van der Waals surface area contributed by atoms with Crippen LogP contribution in [-0.2, 0) is 53.8 Å². The van der Waals surface area contributed by atoms with Crippen LogP contribution in [0, 0.1) is 63.6 Å². The van der Waals surface area contributed by atoms with Crippen LogP contribution in [0.25, 0.3) is 27.9 Å². The molecule has 0 unspecified atom stereocenters. The molecule has 20 heteroatoms. The number of nitriles is 5. The Bertz CT molecular complexity index is 7460. The molecule has 0 spiro atoms. The van der Waals surface area contributed by atoms with Gasteiger partial charge < -0.3 is 72.3 Å². The summed E-state index contributed by atoms with van der Waals surface area (Å²) >= 11 is 0. The van der Waals surface area contributed by atoms with Gasteiger partial charge in [0.2, 0.25) is 0 Å². The van der Waals surface area contributed by atoms with Gasteiger partial charge in [-0.1, -0.05) is 27.7 Å². The van der Waals surface area contributed by atoms with Crippen molar-refractivity contribution in [2.45, 2.75) is 221 Å². The summed E-state index contributed by atoms with van der Waals surface area (Å²) in [6, 6.07) is 30.7. The highest BCUT2D eigenvalue weighted by Crippen LogP contribution is 2.57. The lowest BCUT2D eigenvalue weighted by Crippen LogP contribution is -2.45. The number of rotatable bonds is 10. The Balaban J connectivity index is 0.000000132. The van der Waals surface area contributed by atoms with E-state index < -0.39 is 0 Å². The standard InChI is InChI=1S/C30H34N2O2.C26H26N2O2.C24H24N2O2.C24H26N2O2.C23H24N2O2/c1-18-12-22(15-23-14-21(19(2)17-31)13-20(3)33-23)34-28-24(18)16-25-27-26(28)30(6,7)9-11-32(27)10-8-29(25,4)5;1-16-10-21(14-22-12-20(17(2)15-27)11-18(3)29-22)30-26-23-7-5-9-28-8-4-6-19(25(23)28)13-24(16)26;1-15-8-20(12-21-10-19(16(2)14-25)9-17(3)27-21)28-24-13-23-18(11-22(15)24)6-5-7-26(23)4;1-6-26(7-2)20-8-9-23-16(3)10-21(28-24(23)13-20)14-22-12-19(17(4)15-25)11-18(5)27-22;1-6-25-22-12-23-21(8-15(22)3)14(2)7-19(27-23)11-20-10-18(16(4)13-24)9-17(5)26-20/h12-16H,8-11H2,1-7H3;10-14H,4-9H2,1-3H3;8-13H,5-7H2,1-4H3;8-14H,6-7H2,1-5H3;7-12,25H,6H2,1-5H3/b21-19-,22-15+;20-17-,21-14+;19-16-,20-12+;19-17-,21-14+;18-16-,19-11+. The topological polar surface area (TPSA) is 236 Å². The molecule has 5 aromatic carbocycles. The van der Waals surface area contributed by atoms with Crippen LogP contribution < -0.4 is 48.6 Å². The van der Waals surface area contributed by atoms with Crippen molar-refractivity contribution in [1.82, 2.24) is 0 Å². The number of hydrogen-bond acceptors (Lipinski definition) is 20. The van der Waals surface area contributed by atoms with E-state index in [1.807, 2.05) is 171 Å². The Morgan fingerprint density at radius 2 is 0.741 bits per heavy atom. The molecule has 20 nitrogen and oxygen atoms in total. The average Bonchev–Trinajstić information content (AvgIpc) is 0.709. The molecule has 752 valence electrons. The summed E-state index contributed by atoms with van der Waals surface area (Å²) in [7, 11) is 2.13. The lowest BCUT2D eigenvalue weighted by molar-refractivity contribution is 0.312. The number of aryl methyl sites for hydroxylation is 3. The van der Waals surface area contributed by atoms with E-state index in [1.54, 1.807) is 13.8 Å². The summed E-state index contributed by atoms with van der Waals surface area (Å²) in [6.07, 6.45) is 47.8. The van der Waals surface area contributed by atoms with Gasteiger partial charge in [0.15, 0.2) is 0 Å². The van der Waals surface area contributed by atoms with E-state index >= 15 is 0 Å². The first-order valence-electron chi connectivity index (χ1n) is 51.2. The number of benzene rings is 5. The summed E-state index contributed by atoms with van der Waals surface area (Å²) in [6.45, 7) is 55.4. The van der Waals surface area contributed by atoms with Crippen LogP contribution >= 0.6 is 0 Å². The maximum atomic E-state index is 9.33. The highest BCUT2D eigenvalue weighted by Gasteiger charge is 2.44. The van der Waals surface area contributed by atoms with Gasteiger partial charge in [-0.25, -0.2) is 0 Å². The number of fused-ring (bicyclic) bond motifs is 8. The van der Waals surface area contributed by atoms with E-state index in [0.717, 1.165) is 226 Å². The smallest absolute Gasteiger partial charge is 0.140 e. The van der Waals surface area contributed by atoms with E-state index in [-0.39, 0.29) is 10.8 Å². The number of hydrogen-bond donors (Lipinski definition) is 1. The molecule has 15 aliphatic heterocycles. The first-order valence-corrected chi connectivity index (χ1v) is 51.2. The second-order valence-electron chi connectivity index (χ2n) is 41.1. The summed E-state index contributed by atoms with van der Waals surface area (Å²) in [5.41, 5.74) is 34.0. The first-order chi connectivity index (χ1) is 70.3. The van der Waals surface area contributed by atoms with Crippen molar-refractivity contribution in [2.75, 3.05) is 84.3 Å². The normalized spacial score (nSPS) is 21.4. The Morgan fingerprint density at radius 3 is 1.18 bits per heavy atom. The van der Waals surface area contributed by atoms with Crippen molar-refractivity contribution in [1.29, 1.82) is 26.3 Å². The van der Waals surface area contributed by atoms with Crippen molar-refractivity contribution in [3.05, 3.63) is 379 Å². The zero-order chi connectivity index (χ0) is 105. The number of nitrogens with one attached hydrogen (secondary N) is 1. The van der Waals surface area contributed by atoms with Gasteiger partial charge >= 0.3 is 0 Å². The van der Waals surface area contributed by atoms with E-state index in [1.165, 1.54) is 104 Å². The fraction of sp³-hybridized carbons (Fsp3) is 0.331. The van der Waals surface area contributed by atoms with Gasteiger partial charge in [0.1, 0.15) is 115 Å². The summed E-state index contributed by atoms with van der Waals surface area (Å²) in [5.74, 6) is 15.4. The van der Waals surface area contributed by atoms with Crippen LogP contribution in [0.4, 0.5) is 28.4 Å². The Labute approximate surface area is 868 Å². The molecule has 0 amide bonds. The molecule has 0 bridgehead atoms. The summed E-state index contributed by atoms with van der Waals surface area (Å²) in [4.78, 5) is 9.71. The van der Waals surface area contributed by atoms with Gasteiger partial charge in [0.05, 0.1) is 30.3 Å². The van der Waals surface area contributed by atoms with Crippen LogP contribution in [0.15, 0.2) is 318 Å². The van der Waals surface area contributed by atoms with Crippen LogP contribution in [0.5, 0.6) is 28.7 Å². The minimum absolute atomic E-state index is 0.0296. The molecular formula is C127H134N10O10. The maximum Gasteiger partial charge on any atom is 0.140 e. The predicted molar refractivity (Wildman–Crippen MR) is 591 cm³/mol. The van der Waals surface area contributed by atoms with Crippen LogP contribution in [0.1, 0.15) is 246 Å². The predicted octanol–water partition coefficient (Wildman–Crippen LogP) is 30.0. The zero-order valence-electron chi connectivity index (χ0n) is 89.7. The van der Waals surface area contributed by atoms with Gasteiger partial charge in [-0.05, 0) is 399 Å². The second kappa shape index (κ2) is 43.9. The molecule has 0 aromatic heterocycles. The van der Waals surface area contributed by atoms with Crippen LogP contribution in [-0.4, -0.2) is 59.4 Å². The van der Waals surface area contributed by atoms with Crippen molar-refractivity contribution in [2.24, 2.45) is 0 Å². The zero-order valence-corrected chi connectivity index (χ0v) is 89.7. The molecule has 1 N–H and O–H groups in total. The number of nitrogens with zero attached hydrogens (tertiary/aromatic N) is 9. The molecule has 0 saturated carbocycles. The molecule has 0 saturated heterocycles. The Hall–Kier alpha value is -16.0. The molecular weight excluding hydrogens is 1830 g/mol. The second-order valence-corrected chi connectivity index (χ2v) is 41.1. The molecule has 0 radical (unpaired) electrons. The van der Waals surface area contributed by atoms with Crippen molar-refractivity contribution in [3.63, 3.8) is 0 Å². The Morgan fingerprint density at radius 1 is 0.374 bits per heavy atom.